The predicted molar refractivity (Wildman–Crippen MR) is 67.8 cm³/mol. The van der Waals surface area contributed by atoms with Gasteiger partial charge >= 0.3 is 5.69 Å². The monoisotopic (exact) mass is 271 g/mol. The summed E-state index contributed by atoms with van der Waals surface area (Å²) >= 11 is 0. The summed E-state index contributed by atoms with van der Waals surface area (Å²) < 4.78 is 1.08. The van der Waals surface area contributed by atoms with Crippen molar-refractivity contribution in [3.05, 3.63) is 46.6 Å². The average molecular weight is 271 g/mol. The zero-order valence-corrected chi connectivity index (χ0v) is 10.2. The fourth-order valence-electron chi connectivity index (χ4n) is 1.57. The Balaban J connectivity index is 2.32. The Kier molecular flexibility index (Phi) is 3.72. The Morgan fingerprint density at radius 1 is 1.40 bits per heavy atom. The highest BCUT2D eigenvalue weighted by atomic mass is 16.5. The van der Waals surface area contributed by atoms with E-state index in [0.717, 1.165) is 12.4 Å². The minimum Gasteiger partial charge on any atom is -0.618 e. The van der Waals surface area contributed by atoms with Crippen LogP contribution in [-0.2, 0) is 4.79 Å². The largest absolute Gasteiger partial charge is 0.618 e. The van der Waals surface area contributed by atoms with Gasteiger partial charge < -0.3 is 10.4 Å². The lowest BCUT2D eigenvalue weighted by Crippen LogP contribution is -2.41. The summed E-state index contributed by atoms with van der Waals surface area (Å²) in [5.74, 6) is -0.600. The molecule has 2 aromatic rings. The first-order valence-electron chi connectivity index (χ1n) is 5.57. The number of nitrogens with zero attached hydrogens (tertiary/aromatic N) is 4. The number of amides is 1. The zero-order valence-electron chi connectivity index (χ0n) is 10.2. The molecule has 0 unspecified atom stereocenters. The Morgan fingerprint density at radius 2 is 2.10 bits per heavy atom. The van der Waals surface area contributed by atoms with Crippen molar-refractivity contribution in [2.24, 2.45) is 5.10 Å². The van der Waals surface area contributed by atoms with Crippen LogP contribution in [-0.4, -0.2) is 12.1 Å². The lowest BCUT2D eigenvalue weighted by molar-refractivity contribution is -0.629. The van der Waals surface area contributed by atoms with Gasteiger partial charge in [-0.3, -0.25) is 4.79 Å². The molecule has 2 rings (SSSR count). The van der Waals surface area contributed by atoms with Crippen LogP contribution in [0.5, 0.6) is 0 Å². The third kappa shape index (κ3) is 2.62. The van der Waals surface area contributed by atoms with E-state index in [0.29, 0.717) is 9.46 Å². The topological polar surface area (TPSA) is 119 Å². The van der Waals surface area contributed by atoms with Gasteiger partial charge in [-0.05, 0) is 0 Å². The Bertz CT molecular complexity index is 736. The number of nitriles is 1. The van der Waals surface area contributed by atoms with E-state index in [9.17, 15) is 15.2 Å². The van der Waals surface area contributed by atoms with Crippen LogP contribution in [0.3, 0.4) is 0 Å². The van der Waals surface area contributed by atoms with Gasteiger partial charge in [-0.1, -0.05) is 12.1 Å². The number of carbonyl (C=O) groups is 1. The third-order valence-corrected chi connectivity index (χ3v) is 2.45. The highest BCUT2D eigenvalue weighted by Crippen LogP contribution is 2.03. The maximum atomic E-state index is 12.0. The summed E-state index contributed by atoms with van der Waals surface area (Å²) in [6.07, 6.45) is 1.76. The maximum Gasteiger partial charge on any atom is 0.302 e. The molecule has 0 aliphatic carbocycles. The van der Waals surface area contributed by atoms with Crippen LogP contribution in [0.2, 0.25) is 0 Å². The molecule has 20 heavy (non-hydrogen) atoms. The average Bonchev–Trinajstić information content (AvgIpc) is 2.44. The van der Waals surface area contributed by atoms with Crippen LogP contribution in [0.15, 0.2) is 35.6 Å². The number of para-hydroxylation sites is 2. The van der Waals surface area contributed by atoms with Gasteiger partial charge in [0.1, 0.15) is 12.6 Å². The molecule has 0 radical (unpaired) electrons. The second-order valence-corrected chi connectivity index (χ2v) is 3.79. The van der Waals surface area contributed by atoms with Crippen molar-refractivity contribution in [2.75, 3.05) is 0 Å². The van der Waals surface area contributed by atoms with Crippen molar-refractivity contribution in [3.8, 4) is 6.07 Å². The molecule has 1 aromatic heterocycles. The Labute approximate surface area is 113 Å². The smallest absolute Gasteiger partial charge is 0.302 e. The quantitative estimate of drug-likeness (QED) is 0.349. The minimum atomic E-state index is -0.600. The molecule has 0 aliphatic rings. The summed E-state index contributed by atoms with van der Waals surface area (Å²) in [6, 6.07) is 7.95. The van der Waals surface area contributed by atoms with Gasteiger partial charge in [0.25, 0.3) is 23.1 Å². The van der Waals surface area contributed by atoms with Crippen LogP contribution in [0.4, 0.5) is 0 Å². The lowest BCUT2D eigenvalue weighted by Gasteiger charge is -2.05. The number of benzene rings is 1. The van der Waals surface area contributed by atoms with Crippen LogP contribution in [0.1, 0.15) is 12.1 Å². The van der Waals surface area contributed by atoms with Gasteiger partial charge in [-0.25, -0.2) is 5.43 Å². The first kappa shape index (κ1) is 13.2. The van der Waals surface area contributed by atoms with Gasteiger partial charge in [0.15, 0.2) is 0 Å². The number of carbonyl (C=O) groups excluding carboxylic acids is 1. The molecular weight excluding hydrogens is 262 g/mol. The van der Waals surface area contributed by atoms with E-state index in [-0.39, 0.29) is 23.1 Å². The number of hydrogen-bond donors (Lipinski definition) is 1. The molecule has 100 valence electrons. The van der Waals surface area contributed by atoms with E-state index < -0.39 is 5.91 Å². The van der Waals surface area contributed by atoms with Crippen LogP contribution < -0.4 is 14.9 Å². The van der Waals surface area contributed by atoms with Gasteiger partial charge in [0.2, 0.25) is 0 Å². The fourth-order valence-corrected chi connectivity index (χ4v) is 1.57. The third-order valence-electron chi connectivity index (χ3n) is 2.45. The number of aromatic nitrogens is 2. The number of hydrazone groups is 1. The first-order valence-corrected chi connectivity index (χ1v) is 5.57. The van der Waals surface area contributed by atoms with E-state index in [2.05, 4.69) is 10.5 Å². The molecule has 1 aromatic carbocycles. The van der Waals surface area contributed by atoms with E-state index in [1.165, 1.54) is 12.1 Å². The summed E-state index contributed by atoms with van der Waals surface area (Å²) in [5, 5.41) is 35.5. The number of hydrogen-bond acceptors (Lipinski definition) is 5. The van der Waals surface area contributed by atoms with Gasteiger partial charge in [0, 0.05) is 12.1 Å². The molecule has 0 fully saturated rings. The SMILES string of the molecule is N#CCC(=O)N/N=C\c1c[n+]([O-])c2ccccc2[n+]1[O-]. The highest BCUT2D eigenvalue weighted by molar-refractivity contribution is 5.81. The van der Waals surface area contributed by atoms with Crippen molar-refractivity contribution in [1.82, 2.24) is 5.43 Å². The number of nitrogens with one attached hydrogen (secondary N) is 1. The van der Waals surface area contributed by atoms with Crippen LogP contribution in [0, 0.1) is 21.7 Å². The Morgan fingerprint density at radius 3 is 2.80 bits per heavy atom. The summed E-state index contributed by atoms with van der Waals surface area (Å²) in [4.78, 5) is 11.0. The normalized spacial score (nSPS) is 10.6. The van der Waals surface area contributed by atoms with Crippen molar-refractivity contribution in [3.63, 3.8) is 0 Å². The van der Waals surface area contributed by atoms with Gasteiger partial charge in [-0.15, -0.1) is 0 Å². The second-order valence-electron chi connectivity index (χ2n) is 3.79. The minimum absolute atomic E-state index is 0.0315. The molecule has 1 heterocycles. The summed E-state index contributed by atoms with van der Waals surface area (Å²) in [6.45, 7) is 0. The maximum absolute atomic E-state index is 12.0. The first-order chi connectivity index (χ1) is 9.63. The van der Waals surface area contributed by atoms with Crippen LogP contribution in [0.25, 0.3) is 11.0 Å². The van der Waals surface area contributed by atoms with Crippen molar-refractivity contribution in [1.29, 1.82) is 5.26 Å². The van der Waals surface area contributed by atoms with E-state index in [4.69, 9.17) is 5.26 Å². The lowest BCUT2D eigenvalue weighted by atomic mass is 10.3. The predicted octanol–water partition coefficient (Wildman–Crippen LogP) is -0.530. The van der Waals surface area contributed by atoms with Gasteiger partial charge in [-0.2, -0.15) is 19.8 Å². The molecule has 0 atom stereocenters. The molecule has 0 bridgehead atoms. The molecule has 0 saturated heterocycles. The van der Waals surface area contributed by atoms with E-state index in [1.54, 1.807) is 18.2 Å². The molecule has 8 nitrogen and oxygen atoms in total. The van der Waals surface area contributed by atoms with E-state index in [1.807, 2.05) is 0 Å². The van der Waals surface area contributed by atoms with Crippen LogP contribution >= 0.6 is 0 Å². The van der Waals surface area contributed by atoms with Crippen molar-refractivity contribution >= 4 is 23.2 Å². The molecule has 1 amide bonds. The standard InChI is InChI=1S/C12H9N5O3/c13-6-5-12(18)15-14-7-9-8-16(19)10-3-1-2-4-11(10)17(9)20/h1-4,7-8H,5H2,(H,15,18)/b14-7-. The number of rotatable bonds is 3. The Hall–Kier alpha value is -3.21. The molecular formula is C12H9N5O3. The van der Waals surface area contributed by atoms with E-state index >= 15 is 0 Å². The summed E-state index contributed by atoms with van der Waals surface area (Å²) in [5.41, 5.74) is 2.46. The molecule has 0 saturated carbocycles. The highest BCUT2D eigenvalue weighted by Gasteiger charge is 2.17. The number of fused-ring (bicyclic) bond motifs is 1. The molecule has 8 heteroatoms. The van der Waals surface area contributed by atoms with Gasteiger partial charge in [0.05, 0.1) is 6.07 Å². The van der Waals surface area contributed by atoms with Crippen molar-refractivity contribution < 1.29 is 14.3 Å². The summed E-state index contributed by atoms with van der Waals surface area (Å²) in [7, 11) is 0. The molecule has 1 N–H and O–H groups in total. The molecule has 0 spiro atoms. The van der Waals surface area contributed by atoms with Crippen molar-refractivity contribution in [2.45, 2.75) is 6.42 Å². The second kappa shape index (κ2) is 5.62. The molecule has 0 aliphatic heterocycles. The zero-order chi connectivity index (χ0) is 14.5. The fraction of sp³-hybridized carbons (Fsp3) is 0.0833.